The summed E-state index contributed by atoms with van der Waals surface area (Å²) in [5.74, 6) is -0.662. The fourth-order valence-corrected chi connectivity index (χ4v) is 5.19. The predicted molar refractivity (Wildman–Crippen MR) is 115 cm³/mol. The van der Waals surface area contributed by atoms with E-state index in [2.05, 4.69) is 5.32 Å². The molecule has 0 bridgehead atoms. The first-order valence-electron chi connectivity index (χ1n) is 9.98. The van der Waals surface area contributed by atoms with Crippen LogP contribution in [0.2, 0.25) is 0 Å². The smallest absolute Gasteiger partial charge is 0.243 e. The topological polar surface area (TPSA) is 66.5 Å². The zero-order chi connectivity index (χ0) is 21.3. The van der Waals surface area contributed by atoms with Crippen molar-refractivity contribution in [3.8, 4) is 0 Å². The number of halogens is 1. The van der Waals surface area contributed by atoms with Gasteiger partial charge in [0, 0.05) is 37.3 Å². The molecule has 1 saturated heterocycles. The Morgan fingerprint density at radius 3 is 2.40 bits per heavy atom. The van der Waals surface area contributed by atoms with Crippen molar-refractivity contribution in [1.82, 2.24) is 9.62 Å². The number of aryl methyl sites for hydroxylation is 1. The molecule has 0 radical (unpaired) electrons. The molecule has 0 spiro atoms. The molecule has 0 amide bonds. The molecule has 1 aliphatic heterocycles. The third-order valence-electron chi connectivity index (χ3n) is 5.46. The predicted octanol–water partition coefficient (Wildman–Crippen LogP) is 3.37. The van der Waals surface area contributed by atoms with Crippen molar-refractivity contribution >= 4 is 26.6 Å². The fourth-order valence-electron chi connectivity index (χ4n) is 3.75. The molecule has 3 aromatic rings. The maximum absolute atomic E-state index is 13.8. The summed E-state index contributed by atoms with van der Waals surface area (Å²) in [7, 11) is -3.59. The normalized spacial score (nSPS) is 15.4. The molecule has 30 heavy (non-hydrogen) atoms. The van der Waals surface area contributed by atoms with E-state index in [1.165, 1.54) is 40.7 Å². The van der Waals surface area contributed by atoms with Gasteiger partial charge in [-0.15, -0.1) is 0 Å². The van der Waals surface area contributed by atoms with E-state index in [0.717, 1.165) is 17.4 Å². The lowest BCUT2D eigenvalue weighted by Gasteiger charge is -2.26. The van der Waals surface area contributed by atoms with Crippen LogP contribution in [0.5, 0.6) is 0 Å². The summed E-state index contributed by atoms with van der Waals surface area (Å²) in [4.78, 5) is 13.4. The largest absolute Gasteiger partial charge is 0.314 e. The van der Waals surface area contributed by atoms with Crippen molar-refractivity contribution in [1.29, 1.82) is 0 Å². The minimum absolute atomic E-state index is 0.166. The summed E-state index contributed by atoms with van der Waals surface area (Å²) in [6, 6.07) is 14.2. The van der Waals surface area contributed by atoms with Gasteiger partial charge in [0.15, 0.2) is 5.78 Å². The van der Waals surface area contributed by atoms with Gasteiger partial charge < -0.3 is 5.32 Å². The van der Waals surface area contributed by atoms with Crippen LogP contribution in [0.25, 0.3) is 10.8 Å². The van der Waals surface area contributed by atoms with E-state index < -0.39 is 15.8 Å². The van der Waals surface area contributed by atoms with Gasteiger partial charge in [-0.25, -0.2) is 12.8 Å². The van der Waals surface area contributed by atoms with E-state index in [1.54, 1.807) is 12.1 Å². The van der Waals surface area contributed by atoms with Crippen molar-refractivity contribution in [3.05, 3.63) is 77.1 Å². The lowest BCUT2D eigenvalue weighted by Crippen LogP contribution is -2.46. The Hall–Kier alpha value is -2.61. The van der Waals surface area contributed by atoms with Gasteiger partial charge in [-0.1, -0.05) is 19.1 Å². The molecule has 1 N–H and O–H groups in total. The Morgan fingerprint density at radius 2 is 1.73 bits per heavy atom. The molecule has 156 valence electrons. The first kappa shape index (κ1) is 20.7. The van der Waals surface area contributed by atoms with Gasteiger partial charge in [-0.05, 0) is 65.2 Å². The zero-order valence-corrected chi connectivity index (χ0v) is 17.5. The van der Waals surface area contributed by atoms with Gasteiger partial charge in [-0.2, -0.15) is 4.31 Å². The van der Waals surface area contributed by atoms with Crippen molar-refractivity contribution < 1.29 is 17.6 Å². The van der Waals surface area contributed by atoms with Crippen molar-refractivity contribution in [2.75, 3.05) is 26.2 Å². The zero-order valence-electron chi connectivity index (χ0n) is 16.7. The lowest BCUT2D eigenvalue weighted by atomic mass is 9.94. The number of carbonyl (C=O) groups is 1. The summed E-state index contributed by atoms with van der Waals surface area (Å²) in [5.41, 5.74) is 1.77. The molecule has 4 rings (SSSR count). The minimum Gasteiger partial charge on any atom is -0.314 e. The Bertz CT molecular complexity index is 1200. The number of sulfonamides is 1. The van der Waals surface area contributed by atoms with E-state index in [-0.39, 0.29) is 10.7 Å². The number of carbonyl (C=O) groups excluding carboxylic acids is 1. The van der Waals surface area contributed by atoms with Crippen LogP contribution in [0, 0.1) is 5.82 Å². The molecular formula is C23H23FN2O3S. The third kappa shape index (κ3) is 3.88. The molecule has 1 heterocycles. The second-order valence-electron chi connectivity index (χ2n) is 7.37. The maximum atomic E-state index is 13.8. The number of hydrogen-bond donors (Lipinski definition) is 1. The molecule has 0 saturated carbocycles. The van der Waals surface area contributed by atoms with Crippen LogP contribution in [0.1, 0.15) is 28.4 Å². The molecule has 1 fully saturated rings. The highest BCUT2D eigenvalue weighted by atomic mass is 32.2. The highest BCUT2D eigenvalue weighted by Crippen LogP contribution is 2.26. The summed E-state index contributed by atoms with van der Waals surface area (Å²) >= 11 is 0. The number of hydrogen-bond acceptors (Lipinski definition) is 4. The molecule has 7 heteroatoms. The quantitative estimate of drug-likeness (QED) is 0.636. The van der Waals surface area contributed by atoms with Gasteiger partial charge in [0.1, 0.15) is 5.82 Å². The Morgan fingerprint density at radius 1 is 1.03 bits per heavy atom. The third-order valence-corrected chi connectivity index (χ3v) is 7.37. The van der Waals surface area contributed by atoms with Crippen molar-refractivity contribution in [2.24, 2.45) is 0 Å². The number of benzene rings is 3. The van der Waals surface area contributed by atoms with E-state index in [9.17, 15) is 17.6 Å². The number of ketones is 1. The first-order valence-corrected chi connectivity index (χ1v) is 11.4. The second kappa shape index (κ2) is 8.26. The molecular weight excluding hydrogens is 403 g/mol. The van der Waals surface area contributed by atoms with Gasteiger partial charge in [0.2, 0.25) is 10.0 Å². The first-order chi connectivity index (χ1) is 14.4. The summed E-state index contributed by atoms with van der Waals surface area (Å²) in [6.45, 7) is 4.07. The number of piperazine rings is 1. The van der Waals surface area contributed by atoms with Crippen molar-refractivity contribution in [2.45, 2.75) is 18.2 Å². The SMILES string of the molecule is CCc1cc(C(=O)c2ccc(S(=O)(=O)N3CCNCC3)cc2)c2cc(F)ccc2c1. The monoisotopic (exact) mass is 426 g/mol. The molecule has 1 aliphatic rings. The Balaban J connectivity index is 1.70. The van der Waals surface area contributed by atoms with Crippen LogP contribution < -0.4 is 5.32 Å². The standard InChI is InChI=1S/C23H23FN2O3S/c1-2-16-13-18-3-6-19(24)15-21(18)22(14-16)23(27)17-4-7-20(8-5-17)30(28,29)26-11-9-25-10-12-26/h3-8,13-15,25H,2,9-12H2,1H3. The van der Waals surface area contributed by atoms with Gasteiger partial charge in [0.05, 0.1) is 4.90 Å². The second-order valence-corrected chi connectivity index (χ2v) is 9.31. The Labute approximate surface area is 175 Å². The number of fused-ring (bicyclic) bond motifs is 1. The van der Waals surface area contributed by atoms with E-state index in [1.807, 2.05) is 13.0 Å². The van der Waals surface area contributed by atoms with Crippen LogP contribution in [0.4, 0.5) is 4.39 Å². The van der Waals surface area contributed by atoms with E-state index in [0.29, 0.717) is 42.7 Å². The van der Waals surface area contributed by atoms with E-state index >= 15 is 0 Å². The van der Waals surface area contributed by atoms with E-state index in [4.69, 9.17) is 0 Å². The number of nitrogens with zero attached hydrogens (tertiary/aromatic N) is 1. The van der Waals surface area contributed by atoms with Gasteiger partial charge in [-0.3, -0.25) is 4.79 Å². The maximum Gasteiger partial charge on any atom is 0.243 e. The van der Waals surface area contributed by atoms with Crippen LogP contribution in [0.15, 0.2) is 59.5 Å². The number of nitrogens with one attached hydrogen (secondary N) is 1. The Kier molecular flexibility index (Phi) is 5.69. The average molecular weight is 427 g/mol. The molecule has 5 nitrogen and oxygen atoms in total. The highest BCUT2D eigenvalue weighted by Gasteiger charge is 2.26. The average Bonchev–Trinajstić information content (AvgIpc) is 2.78. The number of rotatable bonds is 5. The highest BCUT2D eigenvalue weighted by molar-refractivity contribution is 7.89. The summed E-state index contributed by atoms with van der Waals surface area (Å²) in [5, 5.41) is 4.48. The molecule has 0 aliphatic carbocycles. The van der Waals surface area contributed by atoms with Crippen LogP contribution >= 0.6 is 0 Å². The molecule has 0 aromatic heterocycles. The van der Waals surface area contributed by atoms with Gasteiger partial charge in [0.25, 0.3) is 0 Å². The fraction of sp³-hybridized carbons (Fsp3) is 0.261. The van der Waals surface area contributed by atoms with Crippen molar-refractivity contribution in [3.63, 3.8) is 0 Å². The lowest BCUT2D eigenvalue weighted by molar-refractivity contribution is 0.104. The van der Waals surface area contributed by atoms with Gasteiger partial charge >= 0.3 is 0 Å². The van der Waals surface area contributed by atoms with Crippen LogP contribution in [-0.4, -0.2) is 44.7 Å². The van der Waals surface area contributed by atoms with Crippen LogP contribution in [-0.2, 0) is 16.4 Å². The minimum atomic E-state index is -3.59. The summed E-state index contributed by atoms with van der Waals surface area (Å²) in [6.07, 6.45) is 0.746. The molecule has 3 aromatic carbocycles. The summed E-state index contributed by atoms with van der Waals surface area (Å²) < 4.78 is 40.9. The molecule has 0 unspecified atom stereocenters. The molecule has 0 atom stereocenters. The van der Waals surface area contributed by atoms with Crippen LogP contribution in [0.3, 0.4) is 0 Å².